The van der Waals surface area contributed by atoms with Crippen molar-refractivity contribution in [2.45, 2.75) is 31.0 Å². The number of carbonyl (C=O) groups excluding carboxylic acids is 1. The Morgan fingerprint density at radius 2 is 2.00 bits per heavy atom. The number of nitrogens with zero attached hydrogens (tertiary/aromatic N) is 4. The average Bonchev–Trinajstić information content (AvgIpc) is 3.25. The van der Waals surface area contributed by atoms with Gasteiger partial charge in [-0.25, -0.2) is 19.3 Å². The van der Waals surface area contributed by atoms with Gasteiger partial charge in [-0.1, -0.05) is 6.07 Å². The predicted octanol–water partition coefficient (Wildman–Crippen LogP) is 3.00. The number of hydrogen-bond acceptors (Lipinski definition) is 6. The molecule has 1 aliphatic heterocycles. The van der Waals surface area contributed by atoms with Crippen LogP contribution in [0.4, 0.5) is 23.2 Å². The van der Waals surface area contributed by atoms with Crippen LogP contribution in [-0.4, -0.2) is 43.7 Å². The molecule has 2 N–H and O–H groups in total. The molecular formula is C21H19F4N5O3. The van der Waals surface area contributed by atoms with Crippen LogP contribution in [-0.2, 0) is 27.7 Å². The first-order chi connectivity index (χ1) is 15.6. The third kappa shape index (κ3) is 5.17. The zero-order valence-electron chi connectivity index (χ0n) is 17.1. The van der Waals surface area contributed by atoms with Crippen LogP contribution in [0.5, 0.6) is 0 Å². The van der Waals surface area contributed by atoms with Crippen LogP contribution in [0.2, 0.25) is 0 Å². The zero-order valence-corrected chi connectivity index (χ0v) is 17.1. The number of halogens is 4. The van der Waals surface area contributed by atoms with E-state index < -0.39 is 35.6 Å². The summed E-state index contributed by atoms with van der Waals surface area (Å²) >= 11 is 0. The summed E-state index contributed by atoms with van der Waals surface area (Å²) < 4.78 is 59.5. The van der Waals surface area contributed by atoms with E-state index in [1.54, 1.807) is 0 Å². The molecule has 33 heavy (non-hydrogen) atoms. The molecule has 3 aromatic rings. The van der Waals surface area contributed by atoms with Gasteiger partial charge in [0, 0.05) is 38.3 Å². The average molecular weight is 465 g/mol. The van der Waals surface area contributed by atoms with Crippen LogP contribution >= 0.6 is 0 Å². The van der Waals surface area contributed by atoms with E-state index in [0.29, 0.717) is 31.7 Å². The maximum absolute atomic E-state index is 14.7. The molecule has 8 nitrogen and oxygen atoms in total. The second kappa shape index (κ2) is 8.87. The maximum atomic E-state index is 14.7. The fraction of sp³-hybridized carbons (Fsp3) is 0.333. The highest BCUT2D eigenvalue weighted by Crippen LogP contribution is 2.31. The molecule has 1 saturated heterocycles. The van der Waals surface area contributed by atoms with E-state index in [9.17, 15) is 27.5 Å². The van der Waals surface area contributed by atoms with Gasteiger partial charge in [-0.3, -0.25) is 9.36 Å². The zero-order chi connectivity index (χ0) is 23.6. The molecule has 0 atom stereocenters. The minimum absolute atomic E-state index is 0.0247. The molecule has 0 aromatic carbocycles. The SMILES string of the molecule is O=C(Cc1cccc(C(F)(F)F)n1)Nc1cnc(-n2cnc(C3(O)CCOCC3)c2)c(F)c1. The van der Waals surface area contributed by atoms with Crippen molar-refractivity contribution in [3.63, 3.8) is 0 Å². The van der Waals surface area contributed by atoms with Crippen molar-refractivity contribution in [3.05, 3.63) is 65.9 Å². The Bertz CT molecular complexity index is 1160. The van der Waals surface area contributed by atoms with Crippen molar-refractivity contribution in [3.8, 4) is 5.82 Å². The van der Waals surface area contributed by atoms with E-state index in [1.165, 1.54) is 29.4 Å². The van der Waals surface area contributed by atoms with Crippen molar-refractivity contribution in [2.75, 3.05) is 18.5 Å². The highest BCUT2D eigenvalue weighted by Gasteiger charge is 2.34. The summed E-state index contributed by atoms with van der Waals surface area (Å²) in [7, 11) is 0. The van der Waals surface area contributed by atoms with Gasteiger partial charge in [0.15, 0.2) is 11.6 Å². The molecule has 0 spiro atoms. The first-order valence-electron chi connectivity index (χ1n) is 9.97. The first kappa shape index (κ1) is 22.8. The second-order valence-corrected chi connectivity index (χ2v) is 7.58. The van der Waals surface area contributed by atoms with Crippen molar-refractivity contribution in [1.29, 1.82) is 0 Å². The Kier molecular flexibility index (Phi) is 6.13. The standard InChI is InChI=1S/C21H19F4N5O3/c22-15-8-14(29-18(31)9-13-2-1-3-16(28-13)21(23,24)25)10-26-19(15)30-11-17(27-12-30)20(32)4-6-33-7-5-20/h1-3,8,10-12,32H,4-7,9H2,(H,29,31). The van der Waals surface area contributed by atoms with E-state index in [-0.39, 0.29) is 17.2 Å². The van der Waals surface area contributed by atoms with Crippen LogP contribution in [0.1, 0.15) is 29.9 Å². The Hall–Kier alpha value is -3.38. The smallest absolute Gasteiger partial charge is 0.383 e. The number of ether oxygens (including phenoxy) is 1. The summed E-state index contributed by atoms with van der Waals surface area (Å²) in [6, 6.07) is 4.29. The normalized spacial score (nSPS) is 15.9. The lowest BCUT2D eigenvalue weighted by Crippen LogP contribution is -2.33. The van der Waals surface area contributed by atoms with Gasteiger partial charge >= 0.3 is 6.18 Å². The van der Waals surface area contributed by atoms with E-state index in [2.05, 4.69) is 20.3 Å². The molecule has 0 unspecified atom stereocenters. The largest absolute Gasteiger partial charge is 0.433 e. The second-order valence-electron chi connectivity index (χ2n) is 7.58. The van der Waals surface area contributed by atoms with Gasteiger partial charge in [-0.2, -0.15) is 13.2 Å². The fourth-order valence-corrected chi connectivity index (χ4v) is 3.44. The summed E-state index contributed by atoms with van der Waals surface area (Å²) in [4.78, 5) is 23.8. The molecule has 4 heterocycles. The van der Waals surface area contributed by atoms with Gasteiger partial charge in [0.1, 0.15) is 17.6 Å². The molecule has 0 aliphatic carbocycles. The summed E-state index contributed by atoms with van der Waals surface area (Å²) in [5.74, 6) is -1.54. The molecule has 1 aliphatic rings. The summed E-state index contributed by atoms with van der Waals surface area (Å²) in [5, 5.41) is 13.1. The molecule has 0 saturated carbocycles. The van der Waals surface area contributed by atoms with Crippen LogP contribution in [0.3, 0.4) is 0 Å². The van der Waals surface area contributed by atoms with Crippen molar-refractivity contribution in [1.82, 2.24) is 19.5 Å². The topological polar surface area (TPSA) is 102 Å². The number of imidazole rings is 1. The number of pyridine rings is 2. The number of rotatable bonds is 5. The Balaban J connectivity index is 1.44. The van der Waals surface area contributed by atoms with E-state index >= 15 is 0 Å². The Morgan fingerprint density at radius 1 is 1.24 bits per heavy atom. The number of aliphatic hydroxyl groups is 1. The minimum atomic E-state index is -4.62. The Morgan fingerprint density at radius 3 is 2.70 bits per heavy atom. The van der Waals surface area contributed by atoms with Crippen LogP contribution in [0.15, 0.2) is 43.0 Å². The number of amides is 1. The molecule has 0 bridgehead atoms. The predicted molar refractivity (Wildman–Crippen MR) is 107 cm³/mol. The van der Waals surface area contributed by atoms with Crippen LogP contribution in [0.25, 0.3) is 5.82 Å². The molecule has 1 fully saturated rings. The van der Waals surface area contributed by atoms with Gasteiger partial charge in [0.2, 0.25) is 5.91 Å². The fourth-order valence-electron chi connectivity index (χ4n) is 3.44. The summed E-state index contributed by atoms with van der Waals surface area (Å²) in [6.07, 6.45) is -0.306. The maximum Gasteiger partial charge on any atom is 0.433 e. The Labute approximate surface area is 185 Å². The molecule has 3 aromatic heterocycles. The van der Waals surface area contributed by atoms with Crippen molar-refractivity contribution in [2.24, 2.45) is 0 Å². The number of nitrogens with one attached hydrogen (secondary N) is 1. The first-order valence-corrected chi connectivity index (χ1v) is 9.97. The monoisotopic (exact) mass is 465 g/mol. The highest BCUT2D eigenvalue weighted by molar-refractivity contribution is 5.91. The molecule has 4 rings (SSSR count). The van der Waals surface area contributed by atoms with E-state index in [1.807, 2.05) is 0 Å². The van der Waals surface area contributed by atoms with Gasteiger partial charge < -0.3 is 15.2 Å². The number of aromatic nitrogens is 4. The number of carbonyl (C=O) groups is 1. The van der Waals surface area contributed by atoms with Gasteiger partial charge in [0.05, 0.1) is 29.7 Å². The lowest BCUT2D eigenvalue weighted by Gasteiger charge is -2.30. The molecule has 12 heteroatoms. The lowest BCUT2D eigenvalue weighted by molar-refractivity contribution is -0.141. The third-order valence-electron chi connectivity index (χ3n) is 5.17. The lowest BCUT2D eigenvalue weighted by atomic mass is 9.91. The number of anilines is 1. The molecule has 174 valence electrons. The van der Waals surface area contributed by atoms with Crippen LogP contribution in [0, 0.1) is 5.82 Å². The quantitative estimate of drug-likeness (QED) is 0.562. The highest BCUT2D eigenvalue weighted by atomic mass is 19.4. The summed E-state index contributed by atoms with van der Waals surface area (Å²) in [5.41, 5.74) is -1.94. The van der Waals surface area contributed by atoms with Gasteiger partial charge in [0.25, 0.3) is 0 Å². The van der Waals surface area contributed by atoms with E-state index in [0.717, 1.165) is 18.2 Å². The number of hydrogen-bond donors (Lipinski definition) is 2. The van der Waals surface area contributed by atoms with Crippen molar-refractivity contribution < 1.29 is 32.2 Å². The number of alkyl halides is 3. The molecule has 1 amide bonds. The molecule has 0 radical (unpaired) electrons. The van der Waals surface area contributed by atoms with Gasteiger partial charge in [-0.05, 0) is 12.1 Å². The van der Waals surface area contributed by atoms with Crippen LogP contribution < -0.4 is 5.32 Å². The summed E-state index contributed by atoms with van der Waals surface area (Å²) in [6.45, 7) is 0.779. The molecular weight excluding hydrogens is 446 g/mol. The van der Waals surface area contributed by atoms with Crippen molar-refractivity contribution >= 4 is 11.6 Å². The third-order valence-corrected chi connectivity index (χ3v) is 5.17. The van der Waals surface area contributed by atoms with Gasteiger partial charge in [-0.15, -0.1) is 0 Å². The minimum Gasteiger partial charge on any atom is -0.383 e. The van der Waals surface area contributed by atoms with E-state index in [4.69, 9.17) is 4.74 Å².